The molecule has 1 aliphatic heterocycles. The second kappa shape index (κ2) is 6.38. The molecule has 0 saturated carbocycles. The third kappa shape index (κ3) is 3.58. The molecule has 0 amide bonds. The van der Waals surface area contributed by atoms with Gasteiger partial charge in [0, 0.05) is 12.6 Å². The van der Waals surface area contributed by atoms with Gasteiger partial charge in [0.15, 0.2) is 0 Å². The summed E-state index contributed by atoms with van der Waals surface area (Å²) in [6.45, 7) is 4.23. The van der Waals surface area contributed by atoms with Crippen LogP contribution in [0.4, 0.5) is 0 Å². The van der Waals surface area contributed by atoms with Crippen molar-refractivity contribution in [3.8, 4) is 0 Å². The molecule has 2 rings (SSSR count). The molecule has 2 atom stereocenters. The maximum Gasteiger partial charge on any atom is 0.0587 e. The summed E-state index contributed by atoms with van der Waals surface area (Å²) in [5.74, 6) is 0. The smallest absolute Gasteiger partial charge is 0.0587 e. The van der Waals surface area contributed by atoms with Gasteiger partial charge < -0.3 is 10.1 Å². The molecule has 1 aromatic heterocycles. The first-order valence-corrected chi connectivity index (χ1v) is 7.19. The predicted octanol–water partition coefficient (Wildman–Crippen LogP) is 2.84. The molecule has 2 nitrogen and oxygen atoms in total. The maximum atomic E-state index is 5.67. The van der Waals surface area contributed by atoms with Gasteiger partial charge in [-0.25, -0.2) is 0 Å². The van der Waals surface area contributed by atoms with E-state index in [1.807, 2.05) is 0 Å². The zero-order valence-corrected chi connectivity index (χ0v) is 10.8. The molecule has 3 heteroatoms. The van der Waals surface area contributed by atoms with Crippen LogP contribution in [0.3, 0.4) is 0 Å². The second-order valence-electron chi connectivity index (χ2n) is 4.46. The van der Waals surface area contributed by atoms with Gasteiger partial charge in [0.25, 0.3) is 0 Å². The summed E-state index contributed by atoms with van der Waals surface area (Å²) in [4.78, 5) is 0. The Kier molecular flexibility index (Phi) is 4.82. The number of thiophene rings is 1. The van der Waals surface area contributed by atoms with Crippen molar-refractivity contribution in [3.63, 3.8) is 0 Å². The highest BCUT2D eigenvalue weighted by Gasteiger charge is 2.20. The standard InChI is InChI=1S/C13H21NOS/c1-2-13-9-12(4-7-15-13)14-6-3-11-5-8-16-10-11/h5,8,10,12-14H,2-4,6-7,9H2,1H3. The summed E-state index contributed by atoms with van der Waals surface area (Å²) in [5, 5.41) is 8.04. The van der Waals surface area contributed by atoms with Crippen LogP contribution >= 0.6 is 11.3 Å². The van der Waals surface area contributed by atoms with Crippen LogP contribution in [0.1, 0.15) is 31.7 Å². The van der Waals surface area contributed by atoms with E-state index in [2.05, 4.69) is 29.1 Å². The fourth-order valence-electron chi connectivity index (χ4n) is 2.21. The van der Waals surface area contributed by atoms with Crippen LogP contribution in [0, 0.1) is 0 Å². The Hall–Kier alpha value is -0.380. The van der Waals surface area contributed by atoms with E-state index in [-0.39, 0.29) is 0 Å². The molecule has 0 aromatic carbocycles. The van der Waals surface area contributed by atoms with Crippen molar-refractivity contribution in [2.45, 2.75) is 44.8 Å². The monoisotopic (exact) mass is 239 g/mol. The summed E-state index contributed by atoms with van der Waals surface area (Å²) < 4.78 is 5.67. The molecule has 1 fully saturated rings. The van der Waals surface area contributed by atoms with Crippen LogP contribution < -0.4 is 5.32 Å². The SMILES string of the molecule is CCC1CC(NCCc2ccsc2)CCO1. The number of hydrogen-bond donors (Lipinski definition) is 1. The molecular weight excluding hydrogens is 218 g/mol. The van der Waals surface area contributed by atoms with Crippen LogP contribution in [0.5, 0.6) is 0 Å². The van der Waals surface area contributed by atoms with E-state index in [9.17, 15) is 0 Å². The molecule has 1 aromatic rings. The van der Waals surface area contributed by atoms with Gasteiger partial charge in [0.2, 0.25) is 0 Å². The normalized spacial score (nSPS) is 25.8. The van der Waals surface area contributed by atoms with Crippen LogP contribution in [0.2, 0.25) is 0 Å². The van der Waals surface area contributed by atoms with E-state index in [1.165, 1.54) is 18.4 Å². The lowest BCUT2D eigenvalue weighted by Crippen LogP contribution is -2.39. The fourth-order valence-corrected chi connectivity index (χ4v) is 2.91. The Morgan fingerprint density at radius 1 is 1.56 bits per heavy atom. The minimum atomic E-state index is 0.479. The molecule has 2 heterocycles. The highest BCUT2D eigenvalue weighted by atomic mass is 32.1. The molecule has 0 bridgehead atoms. The van der Waals surface area contributed by atoms with Crippen molar-refractivity contribution in [1.29, 1.82) is 0 Å². The number of nitrogens with one attached hydrogen (secondary N) is 1. The fraction of sp³-hybridized carbons (Fsp3) is 0.692. The average Bonchev–Trinajstić information content (AvgIpc) is 2.82. The molecule has 90 valence electrons. The number of rotatable bonds is 5. The molecule has 1 saturated heterocycles. The first kappa shape index (κ1) is 12.1. The Morgan fingerprint density at radius 2 is 2.50 bits per heavy atom. The van der Waals surface area contributed by atoms with Crippen LogP contribution in [-0.2, 0) is 11.2 Å². The van der Waals surface area contributed by atoms with E-state index in [0.29, 0.717) is 12.1 Å². The van der Waals surface area contributed by atoms with Crippen LogP contribution in [0.15, 0.2) is 16.8 Å². The van der Waals surface area contributed by atoms with Crippen molar-refractivity contribution in [2.75, 3.05) is 13.2 Å². The van der Waals surface area contributed by atoms with Crippen molar-refractivity contribution in [3.05, 3.63) is 22.4 Å². The minimum Gasteiger partial charge on any atom is -0.378 e. The quantitative estimate of drug-likeness (QED) is 0.853. The van der Waals surface area contributed by atoms with Gasteiger partial charge in [-0.2, -0.15) is 11.3 Å². The topological polar surface area (TPSA) is 21.3 Å². The summed E-state index contributed by atoms with van der Waals surface area (Å²) in [6.07, 6.45) is 5.12. The largest absolute Gasteiger partial charge is 0.378 e. The molecule has 2 unspecified atom stereocenters. The Bertz CT molecular complexity index is 286. The Labute approximate surface area is 102 Å². The third-order valence-electron chi connectivity index (χ3n) is 3.25. The van der Waals surface area contributed by atoms with Gasteiger partial charge in [0.05, 0.1) is 6.10 Å². The van der Waals surface area contributed by atoms with Crippen molar-refractivity contribution in [1.82, 2.24) is 5.32 Å². The average molecular weight is 239 g/mol. The van der Waals surface area contributed by atoms with Crippen molar-refractivity contribution >= 4 is 11.3 Å². The molecule has 0 spiro atoms. The third-order valence-corrected chi connectivity index (χ3v) is 3.98. The molecular formula is C13H21NOS. The first-order valence-electron chi connectivity index (χ1n) is 6.24. The molecule has 0 aliphatic carbocycles. The van der Waals surface area contributed by atoms with Gasteiger partial charge in [-0.05, 0) is 54.6 Å². The molecule has 16 heavy (non-hydrogen) atoms. The van der Waals surface area contributed by atoms with E-state index in [0.717, 1.165) is 26.0 Å². The lowest BCUT2D eigenvalue weighted by Gasteiger charge is -2.29. The molecule has 1 aliphatic rings. The van der Waals surface area contributed by atoms with Crippen LogP contribution in [0.25, 0.3) is 0 Å². The number of ether oxygens (including phenoxy) is 1. The van der Waals surface area contributed by atoms with Gasteiger partial charge >= 0.3 is 0 Å². The summed E-state index contributed by atoms with van der Waals surface area (Å²) in [6, 6.07) is 2.88. The van der Waals surface area contributed by atoms with E-state index in [4.69, 9.17) is 4.74 Å². The highest BCUT2D eigenvalue weighted by Crippen LogP contribution is 2.16. The van der Waals surface area contributed by atoms with E-state index < -0.39 is 0 Å². The van der Waals surface area contributed by atoms with Gasteiger partial charge in [-0.15, -0.1) is 0 Å². The van der Waals surface area contributed by atoms with Gasteiger partial charge in [0.1, 0.15) is 0 Å². The summed E-state index contributed by atoms with van der Waals surface area (Å²) in [7, 11) is 0. The molecule has 0 radical (unpaired) electrons. The van der Waals surface area contributed by atoms with Crippen molar-refractivity contribution in [2.24, 2.45) is 0 Å². The maximum absolute atomic E-state index is 5.67. The lowest BCUT2D eigenvalue weighted by atomic mass is 10.0. The van der Waals surface area contributed by atoms with Crippen LogP contribution in [-0.4, -0.2) is 25.3 Å². The second-order valence-corrected chi connectivity index (χ2v) is 5.24. The summed E-state index contributed by atoms with van der Waals surface area (Å²) >= 11 is 1.78. The lowest BCUT2D eigenvalue weighted by molar-refractivity contribution is 0.000117. The van der Waals surface area contributed by atoms with E-state index in [1.54, 1.807) is 11.3 Å². The van der Waals surface area contributed by atoms with Gasteiger partial charge in [-0.1, -0.05) is 6.92 Å². The van der Waals surface area contributed by atoms with Gasteiger partial charge in [-0.3, -0.25) is 0 Å². The number of hydrogen-bond acceptors (Lipinski definition) is 3. The zero-order chi connectivity index (χ0) is 11.2. The predicted molar refractivity (Wildman–Crippen MR) is 69.1 cm³/mol. The zero-order valence-electron chi connectivity index (χ0n) is 9.95. The minimum absolute atomic E-state index is 0.479. The Balaban J connectivity index is 1.65. The Morgan fingerprint density at radius 3 is 3.25 bits per heavy atom. The van der Waals surface area contributed by atoms with E-state index >= 15 is 0 Å². The summed E-state index contributed by atoms with van der Waals surface area (Å²) in [5.41, 5.74) is 1.46. The molecule has 1 N–H and O–H groups in total. The van der Waals surface area contributed by atoms with Crippen molar-refractivity contribution < 1.29 is 4.74 Å². The highest BCUT2D eigenvalue weighted by molar-refractivity contribution is 7.07. The first-order chi connectivity index (χ1) is 7.88.